The molecule has 0 aromatic rings. The third kappa shape index (κ3) is 10.3. The Kier molecular flexibility index (Phi) is 10.4. The SMILES string of the molecule is CC(C)CCC(CCC(C)C)NCCCC1CCCCN1. The minimum Gasteiger partial charge on any atom is -0.314 e. The molecule has 0 aromatic carbocycles. The molecule has 1 atom stereocenters. The van der Waals surface area contributed by atoms with Crippen LogP contribution >= 0.6 is 0 Å². The Bertz CT molecular complexity index is 220. The third-order valence-corrected chi connectivity index (χ3v) is 4.76. The molecule has 2 nitrogen and oxygen atoms in total. The van der Waals surface area contributed by atoms with Crippen LogP contribution in [0.4, 0.5) is 0 Å². The van der Waals surface area contributed by atoms with Crippen LogP contribution in [0.1, 0.15) is 85.5 Å². The summed E-state index contributed by atoms with van der Waals surface area (Å²) in [7, 11) is 0. The van der Waals surface area contributed by atoms with Crippen molar-refractivity contribution >= 4 is 0 Å². The van der Waals surface area contributed by atoms with Gasteiger partial charge < -0.3 is 10.6 Å². The highest BCUT2D eigenvalue weighted by molar-refractivity contribution is 4.74. The fourth-order valence-electron chi connectivity index (χ4n) is 3.24. The van der Waals surface area contributed by atoms with Gasteiger partial charge in [-0.3, -0.25) is 0 Å². The van der Waals surface area contributed by atoms with Crippen molar-refractivity contribution < 1.29 is 0 Å². The molecule has 0 radical (unpaired) electrons. The molecular weight excluding hydrogens is 256 g/mol. The zero-order valence-electron chi connectivity index (χ0n) is 15.1. The average molecular weight is 297 g/mol. The summed E-state index contributed by atoms with van der Waals surface area (Å²) in [5.74, 6) is 1.67. The third-order valence-electron chi connectivity index (χ3n) is 4.76. The summed E-state index contributed by atoms with van der Waals surface area (Å²) in [5, 5.41) is 7.50. The lowest BCUT2D eigenvalue weighted by molar-refractivity contribution is 0.352. The van der Waals surface area contributed by atoms with Gasteiger partial charge >= 0.3 is 0 Å². The Hall–Kier alpha value is -0.0800. The molecule has 1 rings (SSSR count). The first kappa shape index (κ1) is 19.0. The number of piperidine rings is 1. The number of hydrogen-bond acceptors (Lipinski definition) is 2. The molecule has 1 unspecified atom stereocenters. The minimum atomic E-state index is 0.745. The van der Waals surface area contributed by atoms with Gasteiger partial charge in [-0.15, -0.1) is 0 Å². The van der Waals surface area contributed by atoms with Crippen molar-refractivity contribution in [1.82, 2.24) is 10.6 Å². The topological polar surface area (TPSA) is 24.1 Å². The van der Waals surface area contributed by atoms with Crippen molar-refractivity contribution in [3.63, 3.8) is 0 Å². The van der Waals surface area contributed by atoms with Crippen LogP contribution in [0.15, 0.2) is 0 Å². The van der Waals surface area contributed by atoms with E-state index in [1.807, 2.05) is 0 Å². The van der Waals surface area contributed by atoms with Crippen LogP contribution in [-0.2, 0) is 0 Å². The Morgan fingerprint density at radius 1 is 0.952 bits per heavy atom. The van der Waals surface area contributed by atoms with E-state index in [9.17, 15) is 0 Å². The van der Waals surface area contributed by atoms with Gasteiger partial charge in [0.05, 0.1) is 0 Å². The monoisotopic (exact) mass is 296 g/mol. The normalized spacial score (nSPS) is 19.9. The summed E-state index contributed by atoms with van der Waals surface area (Å²) in [6.45, 7) is 11.8. The first-order chi connectivity index (χ1) is 10.1. The van der Waals surface area contributed by atoms with E-state index in [1.165, 1.54) is 70.9 Å². The van der Waals surface area contributed by atoms with Gasteiger partial charge in [0, 0.05) is 12.1 Å². The van der Waals surface area contributed by atoms with E-state index in [2.05, 4.69) is 38.3 Å². The lowest BCUT2D eigenvalue weighted by Crippen LogP contribution is -2.35. The minimum absolute atomic E-state index is 0.745. The van der Waals surface area contributed by atoms with Crippen LogP contribution in [0.3, 0.4) is 0 Å². The van der Waals surface area contributed by atoms with Gasteiger partial charge in [-0.25, -0.2) is 0 Å². The molecule has 2 heteroatoms. The van der Waals surface area contributed by atoms with E-state index in [1.54, 1.807) is 0 Å². The number of hydrogen-bond donors (Lipinski definition) is 2. The van der Waals surface area contributed by atoms with Crippen molar-refractivity contribution in [2.24, 2.45) is 11.8 Å². The Morgan fingerprint density at radius 3 is 2.14 bits per heavy atom. The number of rotatable bonds is 11. The van der Waals surface area contributed by atoms with Gasteiger partial charge in [0.15, 0.2) is 0 Å². The fraction of sp³-hybridized carbons (Fsp3) is 1.00. The van der Waals surface area contributed by atoms with Gasteiger partial charge in [0.25, 0.3) is 0 Å². The molecule has 0 saturated carbocycles. The standard InChI is InChI=1S/C19H40N2/c1-16(2)10-12-19(13-11-17(3)4)21-15-7-9-18-8-5-6-14-20-18/h16-21H,5-15H2,1-4H3. The molecule has 2 N–H and O–H groups in total. The van der Waals surface area contributed by atoms with Crippen LogP contribution in [0.25, 0.3) is 0 Å². The smallest absolute Gasteiger partial charge is 0.00675 e. The van der Waals surface area contributed by atoms with E-state index < -0.39 is 0 Å². The molecule has 1 aliphatic heterocycles. The summed E-state index contributed by atoms with van der Waals surface area (Å²) in [4.78, 5) is 0. The first-order valence-electron chi connectivity index (χ1n) is 9.54. The summed E-state index contributed by atoms with van der Waals surface area (Å²) in [6.07, 6.45) is 12.3. The van der Waals surface area contributed by atoms with Crippen molar-refractivity contribution in [2.45, 2.75) is 97.6 Å². The number of nitrogens with one attached hydrogen (secondary N) is 2. The summed E-state index contributed by atoms with van der Waals surface area (Å²) in [6, 6.07) is 1.54. The average Bonchev–Trinajstić information content (AvgIpc) is 2.46. The highest BCUT2D eigenvalue weighted by atomic mass is 14.9. The van der Waals surface area contributed by atoms with Gasteiger partial charge in [0.1, 0.15) is 0 Å². The summed E-state index contributed by atoms with van der Waals surface area (Å²) >= 11 is 0. The van der Waals surface area contributed by atoms with Crippen LogP contribution in [0.5, 0.6) is 0 Å². The van der Waals surface area contributed by atoms with E-state index in [4.69, 9.17) is 0 Å². The quantitative estimate of drug-likeness (QED) is 0.538. The molecule has 0 amide bonds. The second kappa shape index (κ2) is 11.5. The molecular formula is C19H40N2. The zero-order valence-corrected chi connectivity index (χ0v) is 15.1. The molecule has 126 valence electrons. The van der Waals surface area contributed by atoms with Gasteiger partial charge in [-0.05, 0) is 76.3 Å². The van der Waals surface area contributed by atoms with Crippen molar-refractivity contribution in [3.05, 3.63) is 0 Å². The van der Waals surface area contributed by atoms with Crippen molar-refractivity contribution in [2.75, 3.05) is 13.1 Å². The molecule has 1 aliphatic rings. The Labute approximate surface area is 133 Å². The van der Waals surface area contributed by atoms with E-state index in [-0.39, 0.29) is 0 Å². The second-order valence-corrected chi connectivity index (χ2v) is 7.88. The maximum atomic E-state index is 3.84. The largest absolute Gasteiger partial charge is 0.314 e. The van der Waals surface area contributed by atoms with E-state index in [0.717, 1.165) is 23.9 Å². The van der Waals surface area contributed by atoms with Crippen LogP contribution in [-0.4, -0.2) is 25.2 Å². The molecule has 1 fully saturated rings. The lowest BCUT2D eigenvalue weighted by Gasteiger charge is -2.24. The van der Waals surface area contributed by atoms with Gasteiger partial charge in [-0.2, -0.15) is 0 Å². The maximum absolute atomic E-state index is 3.84. The van der Waals surface area contributed by atoms with Gasteiger partial charge in [-0.1, -0.05) is 34.1 Å². The van der Waals surface area contributed by atoms with E-state index >= 15 is 0 Å². The Morgan fingerprint density at radius 2 is 1.62 bits per heavy atom. The fourth-order valence-corrected chi connectivity index (χ4v) is 3.24. The van der Waals surface area contributed by atoms with Crippen LogP contribution in [0, 0.1) is 11.8 Å². The molecule has 21 heavy (non-hydrogen) atoms. The highest BCUT2D eigenvalue weighted by Gasteiger charge is 2.13. The van der Waals surface area contributed by atoms with E-state index in [0.29, 0.717) is 0 Å². The second-order valence-electron chi connectivity index (χ2n) is 7.88. The summed E-state index contributed by atoms with van der Waals surface area (Å²) in [5.41, 5.74) is 0. The van der Waals surface area contributed by atoms with Crippen molar-refractivity contribution in [3.8, 4) is 0 Å². The first-order valence-corrected chi connectivity index (χ1v) is 9.54. The lowest BCUT2D eigenvalue weighted by atomic mass is 9.96. The molecule has 0 aliphatic carbocycles. The molecule has 0 bridgehead atoms. The zero-order chi connectivity index (χ0) is 15.5. The molecule has 1 saturated heterocycles. The van der Waals surface area contributed by atoms with Crippen LogP contribution in [0.2, 0.25) is 0 Å². The molecule has 0 aromatic heterocycles. The molecule has 0 spiro atoms. The maximum Gasteiger partial charge on any atom is 0.00675 e. The predicted molar refractivity (Wildman–Crippen MR) is 94.8 cm³/mol. The van der Waals surface area contributed by atoms with Gasteiger partial charge in [0.2, 0.25) is 0 Å². The molecule has 1 heterocycles. The highest BCUT2D eigenvalue weighted by Crippen LogP contribution is 2.15. The van der Waals surface area contributed by atoms with Crippen molar-refractivity contribution in [1.29, 1.82) is 0 Å². The predicted octanol–water partition coefficient (Wildman–Crippen LogP) is 4.74. The Balaban J connectivity index is 2.14. The van der Waals surface area contributed by atoms with Crippen LogP contribution < -0.4 is 10.6 Å². The summed E-state index contributed by atoms with van der Waals surface area (Å²) < 4.78 is 0.